The molecule has 9 heteroatoms. The lowest BCUT2D eigenvalue weighted by Crippen LogP contribution is -2.24. The van der Waals surface area contributed by atoms with E-state index in [1.54, 1.807) is 30.3 Å². The number of rotatable bonds is 7. The summed E-state index contributed by atoms with van der Waals surface area (Å²) in [7, 11) is 0. The minimum atomic E-state index is -0.551. The van der Waals surface area contributed by atoms with Gasteiger partial charge in [0.05, 0.1) is 23.8 Å². The van der Waals surface area contributed by atoms with E-state index in [4.69, 9.17) is 20.5 Å². The van der Waals surface area contributed by atoms with E-state index in [9.17, 15) is 4.79 Å². The number of nitrogens with one attached hydrogen (secondary N) is 2. The third-order valence-corrected chi connectivity index (χ3v) is 4.63. The van der Waals surface area contributed by atoms with Gasteiger partial charge in [0.25, 0.3) is 5.91 Å². The van der Waals surface area contributed by atoms with Crippen LogP contribution in [0.2, 0.25) is 0 Å². The van der Waals surface area contributed by atoms with Crippen LogP contribution in [0.1, 0.15) is 32.6 Å². The Morgan fingerprint density at radius 2 is 1.82 bits per heavy atom. The van der Waals surface area contributed by atoms with Crippen molar-refractivity contribution in [3.05, 3.63) is 76.5 Å². The number of allylic oxidation sites excluding steroid dienone is 1. The van der Waals surface area contributed by atoms with Crippen LogP contribution < -0.4 is 15.4 Å². The molecule has 2 aromatic carbocycles. The Morgan fingerprint density at radius 1 is 1.12 bits per heavy atom. The molecule has 0 aliphatic carbocycles. The van der Waals surface area contributed by atoms with E-state index in [2.05, 4.69) is 26.7 Å². The molecule has 1 heterocycles. The number of aryl methyl sites for hydroxylation is 2. The predicted octanol–water partition coefficient (Wildman–Crippen LogP) is 4.29. The highest BCUT2D eigenvalue weighted by molar-refractivity contribution is 5.96. The zero-order valence-corrected chi connectivity index (χ0v) is 18.5. The Kier molecular flexibility index (Phi) is 7.52. The summed E-state index contributed by atoms with van der Waals surface area (Å²) in [5.41, 5.74) is 3.61. The quantitative estimate of drug-likeness (QED) is 0.401. The molecule has 0 saturated heterocycles. The third kappa shape index (κ3) is 5.73. The summed E-state index contributed by atoms with van der Waals surface area (Å²) < 4.78 is 6.08. The highest BCUT2D eigenvalue weighted by Crippen LogP contribution is 2.32. The van der Waals surface area contributed by atoms with Gasteiger partial charge in [0.15, 0.2) is 0 Å². The van der Waals surface area contributed by atoms with Crippen molar-refractivity contribution in [2.75, 3.05) is 11.9 Å². The van der Waals surface area contributed by atoms with Crippen molar-refractivity contribution in [3.63, 3.8) is 0 Å². The number of nitriles is 3. The zero-order valence-electron chi connectivity index (χ0n) is 18.5. The maximum absolute atomic E-state index is 12.6. The number of carbonyl (C=O) groups is 1. The van der Waals surface area contributed by atoms with Gasteiger partial charge in [-0.3, -0.25) is 4.79 Å². The summed E-state index contributed by atoms with van der Waals surface area (Å²) in [6.45, 7) is 3.51. The monoisotopic (exact) mass is 449 g/mol. The minimum absolute atomic E-state index is 0.00750. The number of amides is 1. The molecule has 1 amide bonds. The van der Waals surface area contributed by atoms with Crippen LogP contribution in [-0.2, 0) is 0 Å². The van der Waals surface area contributed by atoms with E-state index in [0.29, 0.717) is 17.0 Å². The van der Waals surface area contributed by atoms with Crippen molar-refractivity contribution in [2.24, 2.45) is 0 Å². The normalized spacial score (nSPS) is 10.1. The van der Waals surface area contributed by atoms with Crippen LogP contribution >= 0.6 is 0 Å². The van der Waals surface area contributed by atoms with Gasteiger partial charge in [-0.15, -0.1) is 0 Å². The Balaban J connectivity index is 1.98. The van der Waals surface area contributed by atoms with Gasteiger partial charge in [0.1, 0.15) is 17.9 Å². The molecule has 0 radical (unpaired) electrons. The molecular formula is C25H19N7O2. The highest BCUT2D eigenvalue weighted by Gasteiger charge is 2.19. The van der Waals surface area contributed by atoms with Gasteiger partial charge in [-0.1, -0.05) is 0 Å². The standard InChI is InChI=1S/C25H19N7O2/c1-16-12-19(4-3-9-26)13-17(2)22(16)34-24-21(23(33)29-11-10-27)15-30-25(32-24)31-20-7-5-18(14-28)6-8-20/h3-8,12-13,15H,11H2,1-2H3,(H,29,33)(H,30,31,32)/b4-3+. The lowest BCUT2D eigenvalue weighted by atomic mass is 10.1. The SMILES string of the molecule is Cc1cc(/C=C/C#N)cc(C)c1Oc1nc(Nc2ccc(C#N)cc2)ncc1C(=O)NCC#N. The van der Waals surface area contributed by atoms with Gasteiger partial charge >= 0.3 is 0 Å². The van der Waals surface area contributed by atoms with Crippen LogP contribution in [0.15, 0.2) is 48.7 Å². The molecule has 0 spiro atoms. The molecule has 166 valence electrons. The average Bonchev–Trinajstić information content (AvgIpc) is 2.84. The van der Waals surface area contributed by atoms with Crippen LogP contribution in [0.25, 0.3) is 6.08 Å². The fourth-order valence-corrected chi connectivity index (χ4v) is 3.10. The average molecular weight is 449 g/mol. The van der Waals surface area contributed by atoms with Crippen molar-refractivity contribution >= 4 is 23.6 Å². The van der Waals surface area contributed by atoms with E-state index in [-0.39, 0.29) is 23.9 Å². The maximum atomic E-state index is 12.6. The summed E-state index contributed by atoms with van der Waals surface area (Å²) in [6, 6.07) is 16.3. The summed E-state index contributed by atoms with van der Waals surface area (Å²) in [6.07, 6.45) is 4.39. The zero-order chi connectivity index (χ0) is 24.5. The van der Waals surface area contributed by atoms with Crippen molar-refractivity contribution in [1.82, 2.24) is 15.3 Å². The fraction of sp³-hybridized carbons (Fsp3) is 0.120. The smallest absolute Gasteiger partial charge is 0.259 e. The maximum Gasteiger partial charge on any atom is 0.259 e. The molecule has 3 aromatic rings. The van der Waals surface area contributed by atoms with Crippen LogP contribution in [-0.4, -0.2) is 22.4 Å². The molecule has 0 bridgehead atoms. The van der Waals surface area contributed by atoms with Crippen LogP contribution in [0, 0.1) is 47.8 Å². The summed E-state index contributed by atoms with van der Waals surface area (Å²) in [4.78, 5) is 21.2. The van der Waals surface area contributed by atoms with Crippen LogP contribution in [0.3, 0.4) is 0 Å². The van der Waals surface area contributed by atoms with E-state index in [0.717, 1.165) is 16.7 Å². The second kappa shape index (κ2) is 10.9. The predicted molar refractivity (Wildman–Crippen MR) is 125 cm³/mol. The first-order valence-electron chi connectivity index (χ1n) is 10.1. The number of carbonyl (C=O) groups excluding carboxylic acids is 1. The number of hydrogen-bond donors (Lipinski definition) is 2. The molecular weight excluding hydrogens is 430 g/mol. The number of anilines is 2. The lowest BCUT2D eigenvalue weighted by Gasteiger charge is -2.15. The largest absolute Gasteiger partial charge is 0.437 e. The molecule has 0 saturated carbocycles. The van der Waals surface area contributed by atoms with Gasteiger partial charge in [0, 0.05) is 18.0 Å². The molecule has 9 nitrogen and oxygen atoms in total. The second-order valence-corrected chi connectivity index (χ2v) is 7.12. The number of benzene rings is 2. The van der Waals surface area contributed by atoms with Gasteiger partial charge in [0.2, 0.25) is 11.8 Å². The van der Waals surface area contributed by atoms with Gasteiger partial charge < -0.3 is 15.4 Å². The Labute approximate surface area is 196 Å². The van der Waals surface area contributed by atoms with E-state index in [1.165, 1.54) is 12.3 Å². The molecule has 0 fully saturated rings. The topological polar surface area (TPSA) is 148 Å². The first kappa shape index (κ1) is 23.5. The van der Waals surface area contributed by atoms with Crippen LogP contribution in [0.5, 0.6) is 11.6 Å². The molecule has 1 aromatic heterocycles. The fourth-order valence-electron chi connectivity index (χ4n) is 3.10. The first-order chi connectivity index (χ1) is 16.4. The molecule has 0 atom stereocenters. The molecule has 0 unspecified atom stereocenters. The first-order valence-corrected chi connectivity index (χ1v) is 10.1. The summed E-state index contributed by atoms with van der Waals surface area (Å²) in [5.74, 6) is 0.144. The Morgan fingerprint density at radius 3 is 2.44 bits per heavy atom. The third-order valence-electron chi connectivity index (χ3n) is 4.63. The molecule has 34 heavy (non-hydrogen) atoms. The Bertz CT molecular complexity index is 1350. The lowest BCUT2D eigenvalue weighted by molar-refractivity contribution is 0.0955. The summed E-state index contributed by atoms with van der Waals surface area (Å²) in [5, 5.41) is 32.0. The van der Waals surface area contributed by atoms with E-state index in [1.807, 2.05) is 38.1 Å². The van der Waals surface area contributed by atoms with E-state index >= 15 is 0 Å². The second-order valence-electron chi connectivity index (χ2n) is 7.12. The minimum Gasteiger partial charge on any atom is -0.437 e. The van der Waals surface area contributed by atoms with Crippen LogP contribution in [0.4, 0.5) is 11.6 Å². The molecule has 0 aliphatic rings. The number of ether oxygens (including phenoxy) is 1. The molecule has 3 rings (SSSR count). The number of nitrogens with zero attached hydrogens (tertiary/aromatic N) is 5. The van der Waals surface area contributed by atoms with Crippen molar-refractivity contribution < 1.29 is 9.53 Å². The van der Waals surface area contributed by atoms with Gasteiger partial charge in [-0.2, -0.15) is 20.8 Å². The van der Waals surface area contributed by atoms with Crippen molar-refractivity contribution in [2.45, 2.75) is 13.8 Å². The number of aromatic nitrogens is 2. The molecule has 2 N–H and O–H groups in total. The van der Waals surface area contributed by atoms with Crippen molar-refractivity contribution in [3.8, 4) is 29.8 Å². The van der Waals surface area contributed by atoms with E-state index < -0.39 is 5.91 Å². The van der Waals surface area contributed by atoms with Gasteiger partial charge in [-0.25, -0.2) is 4.98 Å². The molecule has 0 aliphatic heterocycles. The highest BCUT2D eigenvalue weighted by atomic mass is 16.5. The number of hydrogen-bond acceptors (Lipinski definition) is 8. The Hall–Kier alpha value is -5.20. The summed E-state index contributed by atoms with van der Waals surface area (Å²) >= 11 is 0. The van der Waals surface area contributed by atoms with Gasteiger partial charge in [-0.05, 0) is 73.0 Å². The van der Waals surface area contributed by atoms with Crippen molar-refractivity contribution in [1.29, 1.82) is 15.8 Å².